The minimum Gasteiger partial charge on any atom is -0.467 e. The summed E-state index contributed by atoms with van der Waals surface area (Å²) in [5.41, 5.74) is -0.0424. The Labute approximate surface area is 82.1 Å². The average Bonchev–Trinajstić information content (AvgIpc) is 2.68. The summed E-state index contributed by atoms with van der Waals surface area (Å²) in [6, 6.07) is 0. The molecule has 0 radical (unpaired) electrons. The zero-order chi connectivity index (χ0) is 10.8. The third-order valence-electron chi connectivity index (χ3n) is 2.30. The maximum atomic E-state index is 11.1. The molecular formula is C9H14N2O3. The lowest BCUT2D eigenvalue weighted by atomic mass is 9.83. The summed E-state index contributed by atoms with van der Waals surface area (Å²) in [5.74, 6) is -0.649. The highest BCUT2D eigenvalue weighted by Gasteiger charge is 2.37. The predicted octanol–water partition coefficient (Wildman–Crippen LogP) is 0.221. The van der Waals surface area contributed by atoms with Gasteiger partial charge in [-0.1, -0.05) is 13.8 Å². The Hall–Kier alpha value is -1.36. The van der Waals surface area contributed by atoms with Crippen molar-refractivity contribution in [1.29, 1.82) is 0 Å². The van der Waals surface area contributed by atoms with Crippen molar-refractivity contribution in [1.82, 2.24) is 9.97 Å². The number of ether oxygens (including phenoxy) is 1. The van der Waals surface area contributed by atoms with E-state index in [1.165, 1.54) is 13.4 Å². The molecule has 0 bridgehead atoms. The number of aliphatic hydroxyl groups is 1. The van der Waals surface area contributed by atoms with Gasteiger partial charge in [0.2, 0.25) is 0 Å². The molecule has 5 heteroatoms. The van der Waals surface area contributed by atoms with Gasteiger partial charge in [-0.3, -0.25) is 0 Å². The van der Waals surface area contributed by atoms with E-state index in [0.717, 1.165) is 0 Å². The molecule has 1 unspecified atom stereocenters. The Balaban J connectivity index is 2.90. The molecule has 1 heterocycles. The molecule has 0 aliphatic carbocycles. The van der Waals surface area contributed by atoms with Crippen LogP contribution in [0.4, 0.5) is 0 Å². The molecule has 0 saturated carbocycles. The molecule has 0 saturated heterocycles. The van der Waals surface area contributed by atoms with Crippen molar-refractivity contribution in [3.05, 3.63) is 18.2 Å². The Morgan fingerprint density at radius 3 is 2.79 bits per heavy atom. The number of aliphatic hydroxyl groups excluding tert-OH is 1. The van der Waals surface area contributed by atoms with Gasteiger partial charge in [-0.2, -0.15) is 0 Å². The number of hydrogen-bond acceptors (Lipinski definition) is 4. The van der Waals surface area contributed by atoms with Crippen LogP contribution in [0, 0.1) is 0 Å². The number of aromatic amines is 1. The first kappa shape index (κ1) is 10.7. The molecule has 1 rings (SSSR count). The topological polar surface area (TPSA) is 75.2 Å². The fraction of sp³-hybridized carbons (Fsp3) is 0.556. The van der Waals surface area contributed by atoms with Gasteiger partial charge in [0.05, 0.1) is 13.4 Å². The van der Waals surface area contributed by atoms with Gasteiger partial charge in [-0.05, 0) is 0 Å². The van der Waals surface area contributed by atoms with Crippen LogP contribution in [0.1, 0.15) is 19.5 Å². The van der Waals surface area contributed by atoms with Gasteiger partial charge in [0.1, 0.15) is 0 Å². The third-order valence-corrected chi connectivity index (χ3v) is 2.30. The van der Waals surface area contributed by atoms with E-state index < -0.39 is 17.5 Å². The Morgan fingerprint density at radius 2 is 2.36 bits per heavy atom. The number of rotatable bonds is 3. The van der Waals surface area contributed by atoms with E-state index in [9.17, 15) is 9.90 Å². The quantitative estimate of drug-likeness (QED) is 0.681. The molecule has 1 aromatic rings. The molecule has 14 heavy (non-hydrogen) atoms. The first-order valence-corrected chi connectivity index (χ1v) is 4.25. The van der Waals surface area contributed by atoms with Gasteiger partial charge < -0.3 is 14.8 Å². The van der Waals surface area contributed by atoms with E-state index >= 15 is 0 Å². The van der Waals surface area contributed by atoms with Crippen LogP contribution >= 0.6 is 0 Å². The summed E-state index contributed by atoms with van der Waals surface area (Å²) in [6.07, 6.45) is 1.88. The van der Waals surface area contributed by atoms with Crippen molar-refractivity contribution in [2.24, 2.45) is 0 Å². The van der Waals surface area contributed by atoms with Crippen molar-refractivity contribution in [3.8, 4) is 0 Å². The van der Waals surface area contributed by atoms with Crippen LogP contribution in [-0.4, -0.2) is 34.3 Å². The van der Waals surface area contributed by atoms with Crippen LogP contribution in [-0.2, 0) is 14.9 Å². The van der Waals surface area contributed by atoms with Crippen molar-refractivity contribution >= 4 is 5.97 Å². The summed E-state index contributed by atoms with van der Waals surface area (Å²) in [5, 5.41) is 9.69. The highest BCUT2D eigenvalue weighted by atomic mass is 16.5. The number of imidazole rings is 1. The molecule has 0 spiro atoms. The van der Waals surface area contributed by atoms with Crippen LogP contribution in [0.25, 0.3) is 0 Å². The van der Waals surface area contributed by atoms with E-state index in [1.54, 1.807) is 20.0 Å². The summed E-state index contributed by atoms with van der Waals surface area (Å²) in [4.78, 5) is 17.8. The van der Waals surface area contributed by atoms with Gasteiger partial charge in [0.15, 0.2) is 6.10 Å². The van der Waals surface area contributed by atoms with E-state index in [-0.39, 0.29) is 0 Å². The number of methoxy groups -OCH3 is 1. The lowest BCUT2D eigenvalue weighted by molar-refractivity contribution is -0.153. The molecule has 1 atom stereocenters. The number of hydrogen-bond donors (Lipinski definition) is 2. The van der Waals surface area contributed by atoms with Crippen molar-refractivity contribution in [2.75, 3.05) is 7.11 Å². The van der Waals surface area contributed by atoms with E-state index in [2.05, 4.69) is 14.7 Å². The number of esters is 1. The number of nitrogens with zero attached hydrogens (tertiary/aromatic N) is 1. The first-order chi connectivity index (χ1) is 6.50. The summed E-state index contributed by atoms with van der Waals surface area (Å²) < 4.78 is 4.47. The number of carbonyl (C=O) groups is 1. The maximum absolute atomic E-state index is 11.1. The Morgan fingerprint density at radius 1 is 1.71 bits per heavy atom. The van der Waals surface area contributed by atoms with Crippen molar-refractivity contribution < 1.29 is 14.6 Å². The number of aromatic nitrogens is 2. The standard InChI is InChI=1S/C9H14N2O3/c1-9(2,6-4-10-5-11-6)7(12)8(13)14-3/h4-5,7,12H,1-3H3,(H,10,11). The van der Waals surface area contributed by atoms with E-state index in [1.807, 2.05) is 0 Å². The molecule has 78 valence electrons. The lowest BCUT2D eigenvalue weighted by Crippen LogP contribution is -2.40. The smallest absolute Gasteiger partial charge is 0.335 e. The molecule has 2 N–H and O–H groups in total. The molecule has 0 amide bonds. The largest absolute Gasteiger partial charge is 0.467 e. The molecular weight excluding hydrogens is 184 g/mol. The average molecular weight is 198 g/mol. The van der Waals surface area contributed by atoms with Crippen molar-refractivity contribution in [2.45, 2.75) is 25.4 Å². The third kappa shape index (κ3) is 1.77. The molecule has 0 aliphatic heterocycles. The Kier molecular flexibility index (Phi) is 2.90. The zero-order valence-electron chi connectivity index (χ0n) is 8.44. The summed E-state index contributed by atoms with van der Waals surface area (Å²) >= 11 is 0. The van der Waals surface area contributed by atoms with Gasteiger partial charge in [0, 0.05) is 17.3 Å². The molecule has 0 aliphatic rings. The summed E-state index contributed by atoms with van der Waals surface area (Å²) in [6.45, 7) is 3.48. The minimum atomic E-state index is -1.20. The lowest BCUT2D eigenvalue weighted by Gasteiger charge is -2.26. The first-order valence-electron chi connectivity index (χ1n) is 4.25. The molecule has 5 nitrogen and oxygen atoms in total. The number of nitrogens with one attached hydrogen (secondary N) is 1. The number of H-pyrrole nitrogens is 1. The minimum absolute atomic E-state index is 0.649. The van der Waals surface area contributed by atoms with Crippen LogP contribution in [0.15, 0.2) is 12.5 Å². The van der Waals surface area contributed by atoms with E-state index in [4.69, 9.17) is 0 Å². The van der Waals surface area contributed by atoms with Gasteiger partial charge in [0.25, 0.3) is 0 Å². The monoisotopic (exact) mass is 198 g/mol. The van der Waals surface area contributed by atoms with Crippen LogP contribution in [0.3, 0.4) is 0 Å². The second-order valence-electron chi connectivity index (χ2n) is 3.61. The zero-order valence-corrected chi connectivity index (χ0v) is 8.44. The summed E-state index contributed by atoms with van der Waals surface area (Å²) in [7, 11) is 1.24. The second kappa shape index (κ2) is 3.79. The van der Waals surface area contributed by atoms with Gasteiger partial charge >= 0.3 is 5.97 Å². The highest BCUT2D eigenvalue weighted by molar-refractivity contribution is 5.76. The molecule has 0 fully saturated rings. The number of carbonyl (C=O) groups excluding carboxylic acids is 1. The fourth-order valence-corrected chi connectivity index (χ4v) is 1.16. The maximum Gasteiger partial charge on any atom is 0.335 e. The second-order valence-corrected chi connectivity index (χ2v) is 3.61. The highest BCUT2D eigenvalue weighted by Crippen LogP contribution is 2.25. The van der Waals surface area contributed by atoms with Gasteiger partial charge in [-0.25, -0.2) is 9.78 Å². The van der Waals surface area contributed by atoms with Gasteiger partial charge in [-0.15, -0.1) is 0 Å². The van der Waals surface area contributed by atoms with E-state index in [0.29, 0.717) is 5.69 Å². The molecule has 0 aromatic carbocycles. The Bertz CT molecular complexity index is 306. The normalized spacial score (nSPS) is 13.7. The van der Waals surface area contributed by atoms with Crippen molar-refractivity contribution in [3.63, 3.8) is 0 Å². The SMILES string of the molecule is COC(=O)C(O)C(C)(C)c1cnc[nH]1. The molecule has 1 aromatic heterocycles. The van der Waals surface area contributed by atoms with Crippen LogP contribution in [0.2, 0.25) is 0 Å². The van der Waals surface area contributed by atoms with Crippen LogP contribution in [0.5, 0.6) is 0 Å². The predicted molar refractivity (Wildman–Crippen MR) is 49.6 cm³/mol. The fourth-order valence-electron chi connectivity index (χ4n) is 1.16. The van der Waals surface area contributed by atoms with Crippen LogP contribution < -0.4 is 0 Å².